The Labute approximate surface area is 122 Å². The second-order valence-electron chi connectivity index (χ2n) is 4.62. The summed E-state index contributed by atoms with van der Waals surface area (Å²) in [4.78, 5) is 0. The Morgan fingerprint density at radius 2 is 2.05 bits per heavy atom. The van der Waals surface area contributed by atoms with Crippen LogP contribution < -0.4 is 10.2 Å². The van der Waals surface area contributed by atoms with E-state index in [9.17, 15) is 0 Å². The molecule has 1 atom stereocenters. The first-order valence-corrected chi connectivity index (χ1v) is 7.81. The maximum absolute atomic E-state index is 5.46. The smallest absolute Gasteiger partial charge is 0.212 e. The number of hydrogen-bond acceptors (Lipinski definition) is 5. The first-order valence-electron chi connectivity index (χ1n) is 6.93. The molecular weight excluding hydrogens is 272 g/mol. The van der Waals surface area contributed by atoms with Gasteiger partial charge < -0.3 is 10.2 Å². The van der Waals surface area contributed by atoms with E-state index in [1.807, 2.05) is 35.9 Å². The average molecular weight is 290 g/mol. The van der Waals surface area contributed by atoms with Crippen LogP contribution in [0.3, 0.4) is 0 Å². The van der Waals surface area contributed by atoms with E-state index in [0.717, 1.165) is 35.1 Å². The first-order chi connectivity index (χ1) is 9.81. The lowest BCUT2D eigenvalue weighted by Gasteiger charge is -2.10. The number of rotatable bonds is 5. The fourth-order valence-electron chi connectivity index (χ4n) is 2.20. The molecule has 2 aromatic rings. The molecule has 5 nitrogen and oxygen atoms in total. The van der Waals surface area contributed by atoms with Gasteiger partial charge in [0.2, 0.25) is 5.16 Å². The molecule has 0 aliphatic carbocycles. The fraction of sp³-hybridized carbons (Fsp3) is 0.429. The Kier molecular flexibility index (Phi) is 3.82. The molecule has 2 heterocycles. The zero-order valence-corrected chi connectivity index (χ0v) is 12.5. The van der Waals surface area contributed by atoms with Crippen molar-refractivity contribution >= 4 is 11.8 Å². The molecule has 1 aromatic heterocycles. The molecule has 1 aliphatic rings. The third kappa shape index (κ3) is 2.47. The predicted octanol–water partition coefficient (Wildman–Crippen LogP) is 3.12. The van der Waals surface area contributed by atoms with E-state index < -0.39 is 0 Å². The zero-order chi connectivity index (χ0) is 13.9. The molecule has 0 bridgehead atoms. The van der Waals surface area contributed by atoms with Gasteiger partial charge in [-0.15, -0.1) is 10.2 Å². The van der Waals surface area contributed by atoms with Crippen LogP contribution in [-0.2, 0) is 0 Å². The number of aromatic nitrogens is 3. The number of thioether (sulfide) groups is 1. The summed E-state index contributed by atoms with van der Waals surface area (Å²) >= 11 is 1.74. The van der Waals surface area contributed by atoms with Crippen LogP contribution in [0.25, 0.3) is 11.4 Å². The van der Waals surface area contributed by atoms with Gasteiger partial charge in [0.15, 0.2) is 5.82 Å². The summed E-state index contributed by atoms with van der Waals surface area (Å²) in [5.74, 6) is 1.73. The summed E-state index contributed by atoms with van der Waals surface area (Å²) in [6.45, 7) is 4.85. The standard InChI is InChI=1S/C14H18N4OS/c1-3-5-12-17-18-13(15-16-14(18)20-12)10-6-8-11(9-7-10)19-4-2/h6-9,12,17H,3-5H2,1-2H3/t12-/m1/s1. The van der Waals surface area contributed by atoms with Gasteiger partial charge in [0.1, 0.15) is 5.75 Å². The van der Waals surface area contributed by atoms with Crippen molar-refractivity contribution < 1.29 is 4.74 Å². The Hall–Kier alpha value is -1.69. The Morgan fingerprint density at radius 1 is 1.25 bits per heavy atom. The molecule has 0 saturated carbocycles. The van der Waals surface area contributed by atoms with Crippen molar-refractivity contribution in [2.75, 3.05) is 12.0 Å². The number of benzene rings is 1. The van der Waals surface area contributed by atoms with Gasteiger partial charge in [-0.3, -0.25) is 0 Å². The van der Waals surface area contributed by atoms with Crippen LogP contribution in [0, 0.1) is 0 Å². The van der Waals surface area contributed by atoms with E-state index in [-0.39, 0.29) is 0 Å². The van der Waals surface area contributed by atoms with E-state index in [4.69, 9.17) is 4.74 Å². The van der Waals surface area contributed by atoms with Crippen molar-refractivity contribution in [3.63, 3.8) is 0 Å². The highest BCUT2D eigenvalue weighted by Gasteiger charge is 2.26. The van der Waals surface area contributed by atoms with Gasteiger partial charge in [0.05, 0.1) is 12.0 Å². The second kappa shape index (κ2) is 5.75. The Morgan fingerprint density at radius 3 is 2.75 bits per heavy atom. The highest BCUT2D eigenvalue weighted by atomic mass is 32.2. The van der Waals surface area contributed by atoms with Crippen molar-refractivity contribution in [2.24, 2.45) is 0 Å². The number of nitrogens with one attached hydrogen (secondary N) is 1. The van der Waals surface area contributed by atoms with Crippen molar-refractivity contribution in [1.82, 2.24) is 14.9 Å². The third-order valence-corrected chi connectivity index (χ3v) is 4.23. The number of ether oxygens (including phenoxy) is 1. The molecule has 0 fully saturated rings. The van der Waals surface area contributed by atoms with Gasteiger partial charge in [0.25, 0.3) is 0 Å². The molecule has 3 rings (SSSR count). The molecule has 6 heteroatoms. The maximum atomic E-state index is 5.46. The van der Waals surface area contributed by atoms with Crippen molar-refractivity contribution in [1.29, 1.82) is 0 Å². The van der Waals surface area contributed by atoms with Gasteiger partial charge >= 0.3 is 0 Å². The minimum atomic E-state index is 0.395. The van der Waals surface area contributed by atoms with Crippen LogP contribution in [-0.4, -0.2) is 26.9 Å². The topological polar surface area (TPSA) is 52.0 Å². The van der Waals surface area contributed by atoms with Gasteiger partial charge in [-0.2, -0.15) is 0 Å². The lowest BCUT2D eigenvalue weighted by atomic mass is 10.2. The summed E-state index contributed by atoms with van der Waals surface area (Å²) in [5, 5.41) is 9.85. The molecule has 106 valence electrons. The van der Waals surface area contributed by atoms with Crippen LogP contribution >= 0.6 is 11.8 Å². The summed E-state index contributed by atoms with van der Waals surface area (Å²) in [6.07, 6.45) is 2.28. The van der Waals surface area contributed by atoms with Crippen LogP contribution in [0.5, 0.6) is 5.75 Å². The van der Waals surface area contributed by atoms with E-state index in [1.165, 1.54) is 0 Å². The quantitative estimate of drug-likeness (QED) is 0.917. The maximum Gasteiger partial charge on any atom is 0.212 e. The van der Waals surface area contributed by atoms with E-state index in [1.54, 1.807) is 11.8 Å². The third-order valence-electron chi connectivity index (χ3n) is 3.13. The van der Waals surface area contributed by atoms with Crippen molar-refractivity contribution in [3.05, 3.63) is 24.3 Å². The SMILES string of the molecule is CCC[C@@H]1Nn2c(nnc2-c2ccc(OCC)cc2)S1. The number of hydrogen-bond donors (Lipinski definition) is 1. The van der Waals surface area contributed by atoms with Crippen molar-refractivity contribution in [3.8, 4) is 17.1 Å². The number of fused-ring (bicyclic) bond motifs is 1. The molecular formula is C14H18N4OS. The highest BCUT2D eigenvalue weighted by Crippen LogP contribution is 2.33. The minimum Gasteiger partial charge on any atom is -0.494 e. The average Bonchev–Trinajstić information content (AvgIpc) is 3.00. The molecule has 1 aliphatic heterocycles. The lowest BCUT2D eigenvalue weighted by molar-refractivity contribution is 0.340. The van der Waals surface area contributed by atoms with Crippen LogP contribution in [0.2, 0.25) is 0 Å². The summed E-state index contributed by atoms with van der Waals surface area (Å²) in [6, 6.07) is 7.96. The first kappa shape index (κ1) is 13.3. The Bertz CT molecular complexity index is 581. The molecule has 0 unspecified atom stereocenters. The van der Waals surface area contributed by atoms with Crippen LogP contribution in [0.4, 0.5) is 0 Å². The van der Waals surface area contributed by atoms with Gasteiger partial charge in [0, 0.05) is 5.56 Å². The molecule has 0 amide bonds. The fourth-order valence-corrected chi connectivity index (χ4v) is 3.30. The largest absolute Gasteiger partial charge is 0.494 e. The highest BCUT2D eigenvalue weighted by molar-refractivity contribution is 8.00. The van der Waals surface area contributed by atoms with E-state index >= 15 is 0 Å². The molecule has 1 N–H and O–H groups in total. The van der Waals surface area contributed by atoms with Gasteiger partial charge in [-0.05, 0) is 37.6 Å². The monoisotopic (exact) mass is 290 g/mol. The molecule has 0 saturated heterocycles. The summed E-state index contributed by atoms with van der Waals surface area (Å²) < 4.78 is 7.44. The van der Waals surface area contributed by atoms with E-state index in [2.05, 4.69) is 22.5 Å². The summed E-state index contributed by atoms with van der Waals surface area (Å²) in [7, 11) is 0. The van der Waals surface area contributed by atoms with Gasteiger partial charge in [-0.1, -0.05) is 25.1 Å². The van der Waals surface area contributed by atoms with E-state index in [0.29, 0.717) is 12.0 Å². The predicted molar refractivity (Wildman–Crippen MR) is 80.5 cm³/mol. The zero-order valence-electron chi connectivity index (χ0n) is 11.7. The summed E-state index contributed by atoms with van der Waals surface area (Å²) in [5.41, 5.74) is 4.48. The molecule has 0 spiro atoms. The minimum absolute atomic E-state index is 0.395. The van der Waals surface area contributed by atoms with Crippen LogP contribution in [0.15, 0.2) is 29.4 Å². The Balaban J connectivity index is 1.82. The number of nitrogens with zero attached hydrogens (tertiary/aromatic N) is 3. The van der Waals surface area contributed by atoms with Crippen molar-refractivity contribution in [2.45, 2.75) is 37.2 Å². The van der Waals surface area contributed by atoms with Crippen LogP contribution in [0.1, 0.15) is 26.7 Å². The second-order valence-corrected chi connectivity index (χ2v) is 5.79. The van der Waals surface area contributed by atoms with Gasteiger partial charge in [-0.25, -0.2) is 4.68 Å². The molecule has 0 radical (unpaired) electrons. The normalized spacial score (nSPS) is 16.8. The molecule has 1 aromatic carbocycles. The molecule has 20 heavy (non-hydrogen) atoms. The lowest BCUT2D eigenvalue weighted by Crippen LogP contribution is -2.19.